The first-order chi connectivity index (χ1) is 26.3. The lowest BCUT2D eigenvalue weighted by Gasteiger charge is -2.18. The fraction of sp³-hybridized carbons (Fsp3) is 0.956. The molecule has 0 aliphatic heterocycles. The van der Waals surface area contributed by atoms with Crippen LogP contribution in [-0.4, -0.2) is 41.0 Å². The Morgan fingerprint density at radius 2 is 0.704 bits per heavy atom. The Labute approximate surface area is 334 Å². The lowest BCUT2D eigenvalue weighted by atomic mass is 10.0. The van der Waals surface area contributed by atoms with E-state index < -0.39 is 32.5 Å². The molecule has 1 atom stereocenters. The minimum absolute atomic E-state index is 0.167. The molecule has 0 amide bonds. The highest BCUT2D eigenvalue weighted by atomic mass is 31.2. The van der Waals surface area contributed by atoms with Crippen molar-refractivity contribution in [3.8, 4) is 0 Å². The minimum atomic E-state index is -4.72. The molecule has 0 bridgehead atoms. The topological polar surface area (TPSA) is 119 Å². The molecule has 0 spiro atoms. The van der Waals surface area contributed by atoms with E-state index in [0.717, 1.165) is 19.3 Å². The average molecular weight is 789 g/mol. The van der Waals surface area contributed by atoms with Crippen molar-refractivity contribution in [2.24, 2.45) is 0 Å². The van der Waals surface area contributed by atoms with Gasteiger partial charge in [-0.15, -0.1) is 0 Å². The summed E-state index contributed by atoms with van der Waals surface area (Å²) in [7, 11) is -4.72. The average Bonchev–Trinajstić information content (AvgIpc) is 3.14. The van der Waals surface area contributed by atoms with Crippen LogP contribution in [-0.2, 0) is 28.2 Å². The van der Waals surface area contributed by atoms with Crippen molar-refractivity contribution in [3.63, 3.8) is 0 Å². The Kier molecular flexibility index (Phi) is 40.9. The molecular weight excluding hydrogens is 699 g/mol. The van der Waals surface area contributed by atoms with Gasteiger partial charge in [-0.2, -0.15) is 0 Å². The predicted octanol–water partition coefficient (Wildman–Crippen LogP) is 14.4. The highest BCUT2D eigenvalue weighted by molar-refractivity contribution is 7.46. The van der Waals surface area contributed by atoms with Gasteiger partial charge in [0, 0.05) is 12.8 Å². The molecule has 0 saturated carbocycles. The number of carbonyl (C=O) groups is 2. The Morgan fingerprint density at radius 1 is 0.407 bits per heavy atom. The molecule has 0 rings (SSSR count). The molecule has 0 heterocycles. The zero-order valence-corrected chi connectivity index (χ0v) is 36.5. The van der Waals surface area contributed by atoms with Crippen LogP contribution in [0.2, 0.25) is 0 Å². The molecule has 0 aromatic rings. The zero-order valence-electron chi connectivity index (χ0n) is 35.7. The Hall–Kier alpha value is -0.950. The molecule has 0 aromatic carbocycles. The first kappa shape index (κ1) is 53.0. The van der Waals surface area contributed by atoms with Crippen LogP contribution in [0, 0.1) is 0 Å². The van der Waals surface area contributed by atoms with E-state index in [0.29, 0.717) is 6.42 Å². The second kappa shape index (κ2) is 41.7. The summed E-state index contributed by atoms with van der Waals surface area (Å²) in [5, 5.41) is 0. The smallest absolute Gasteiger partial charge is 0.462 e. The van der Waals surface area contributed by atoms with Gasteiger partial charge in [0.25, 0.3) is 0 Å². The number of unbranched alkanes of at least 4 members (excludes halogenated alkanes) is 34. The minimum Gasteiger partial charge on any atom is -0.462 e. The van der Waals surface area contributed by atoms with Gasteiger partial charge < -0.3 is 19.3 Å². The first-order valence-corrected chi connectivity index (χ1v) is 24.9. The summed E-state index contributed by atoms with van der Waals surface area (Å²) in [4.78, 5) is 41.6. The maximum Gasteiger partial charge on any atom is 0.469 e. The van der Waals surface area contributed by atoms with Crippen LogP contribution in [0.25, 0.3) is 0 Å². The van der Waals surface area contributed by atoms with E-state index >= 15 is 0 Å². The van der Waals surface area contributed by atoms with Crippen molar-refractivity contribution in [1.29, 1.82) is 0 Å². The van der Waals surface area contributed by atoms with E-state index in [4.69, 9.17) is 19.3 Å². The molecule has 322 valence electrons. The summed E-state index contributed by atoms with van der Waals surface area (Å²) in [6.45, 7) is 3.29. The molecule has 8 nitrogen and oxygen atoms in total. The zero-order chi connectivity index (χ0) is 39.6. The third kappa shape index (κ3) is 43.8. The standard InChI is InChI=1S/C45H89O8P/c1-3-5-6-7-8-9-10-11-12-13-14-15-16-17-18-19-20-21-22-23-24-25-26-27-28-29-30-31-32-33-34-35-36-37-38-40-44(46)51-41-43(42-52-54(48,49)50)53-45(47)39-4-2/h43H,3-42H2,1-2H3,(H2,48,49,50)/t43-/m1/s1. The number of phosphoric acid groups is 1. The van der Waals surface area contributed by atoms with E-state index in [1.807, 2.05) is 6.92 Å². The van der Waals surface area contributed by atoms with Crippen LogP contribution in [0.4, 0.5) is 0 Å². The van der Waals surface area contributed by atoms with E-state index in [1.54, 1.807) is 0 Å². The number of phosphoric ester groups is 1. The number of ether oxygens (including phenoxy) is 2. The lowest BCUT2D eigenvalue weighted by Crippen LogP contribution is -2.29. The second-order valence-electron chi connectivity index (χ2n) is 16.1. The first-order valence-electron chi connectivity index (χ1n) is 23.3. The van der Waals surface area contributed by atoms with Crippen LogP contribution in [0.3, 0.4) is 0 Å². The third-order valence-corrected chi connectivity index (χ3v) is 11.1. The molecule has 0 saturated heterocycles. The fourth-order valence-electron chi connectivity index (χ4n) is 7.18. The molecule has 0 aliphatic carbocycles. The van der Waals surface area contributed by atoms with Crippen LogP contribution in [0.1, 0.15) is 258 Å². The highest BCUT2D eigenvalue weighted by Crippen LogP contribution is 2.36. The van der Waals surface area contributed by atoms with Crippen molar-refractivity contribution in [3.05, 3.63) is 0 Å². The molecule has 0 aromatic heterocycles. The van der Waals surface area contributed by atoms with E-state index in [-0.39, 0.29) is 19.4 Å². The summed E-state index contributed by atoms with van der Waals surface area (Å²) in [5.41, 5.74) is 0. The van der Waals surface area contributed by atoms with Gasteiger partial charge in [0.1, 0.15) is 6.61 Å². The van der Waals surface area contributed by atoms with Gasteiger partial charge in [-0.25, -0.2) is 4.57 Å². The fourth-order valence-corrected chi connectivity index (χ4v) is 7.54. The van der Waals surface area contributed by atoms with Crippen molar-refractivity contribution >= 4 is 19.8 Å². The summed E-state index contributed by atoms with van der Waals surface area (Å²) in [6.07, 6.45) is 48.0. The number of hydrogen-bond acceptors (Lipinski definition) is 6. The predicted molar refractivity (Wildman–Crippen MR) is 226 cm³/mol. The molecule has 0 unspecified atom stereocenters. The van der Waals surface area contributed by atoms with Gasteiger partial charge in [-0.05, 0) is 12.8 Å². The van der Waals surface area contributed by atoms with Crippen LogP contribution < -0.4 is 0 Å². The van der Waals surface area contributed by atoms with Crippen molar-refractivity contribution < 1.29 is 37.9 Å². The molecular formula is C45H89O8P. The van der Waals surface area contributed by atoms with Gasteiger partial charge in [0.15, 0.2) is 6.10 Å². The van der Waals surface area contributed by atoms with Crippen molar-refractivity contribution in [2.75, 3.05) is 13.2 Å². The molecule has 0 aliphatic rings. The molecule has 9 heteroatoms. The van der Waals surface area contributed by atoms with E-state index in [9.17, 15) is 14.2 Å². The maximum absolute atomic E-state index is 12.1. The molecule has 0 radical (unpaired) electrons. The number of hydrogen-bond donors (Lipinski definition) is 2. The summed E-state index contributed by atoms with van der Waals surface area (Å²) < 4.78 is 25.7. The molecule has 54 heavy (non-hydrogen) atoms. The number of carbonyl (C=O) groups excluding carboxylic acids is 2. The summed E-state index contributed by atoms with van der Waals surface area (Å²) >= 11 is 0. The van der Waals surface area contributed by atoms with Gasteiger partial charge in [0.05, 0.1) is 6.61 Å². The largest absolute Gasteiger partial charge is 0.469 e. The second-order valence-corrected chi connectivity index (χ2v) is 17.3. The number of esters is 2. The normalized spacial score (nSPS) is 12.3. The SMILES string of the molecule is CCCCCCCCCCCCCCCCCCCCCCCCCCCCCCCCCCCCCC(=O)OC[C@H](COP(=O)(O)O)OC(=O)CCC. The maximum atomic E-state index is 12.1. The number of rotatable bonds is 44. The van der Waals surface area contributed by atoms with Crippen LogP contribution in [0.15, 0.2) is 0 Å². The van der Waals surface area contributed by atoms with Crippen LogP contribution in [0.5, 0.6) is 0 Å². The summed E-state index contributed by atoms with van der Waals surface area (Å²) in [6, 6.07) is 0. The molecule has 2 N–H and O–H groups in total. The summed E-state index contributed by atoms with van der Waals surface area (Å²) in [5.74, 6) is -0.932. The van der Waals surface area contributed by atoms with Gasteiger partial charge in [-0.1, -0.05) is 232 Å². The Bertz CT molecular complexity index is 848. The monoisotopic (exact) mass is 789 g/mol. The van der Waals surface area contributed by atoms with Gasteiger partial charge >= 0.3 is 19.8 Å². The molecule has 0 fully saturated rings. The van der Waals surface area contributed by atoms with Gasteiger partial charge in [-0.3, -0.25) is 14.1 Å². The highest BCUT2D eigenvalue weighted by Gasteiger charge is 2.22. The third-order valence-electron chi connectivity index (χ3n) is 10.6. The van der Waals surface area contributed by atoms with Gasteiger partial charge in [0.2, 0.25) is 0 Å². The van der Waals surface area contributed by atoms with Crippen molar-refractivity contribution in [1.82, 2.24) is 0 Å². The quantitative estimate of drug-likeness (QED) is 0.0356. The Balaban J connectivity index is 3.34. The lowest BCUT2D eigenvalue weighted by molar-refractivity contribution is -0.161. The van der Waals surface area contributed by atoms with E-state index in [2.05, 4.69) is 11.4 Å². The van der Waals surface area contributed by atoms with Crippen LogP contribution >= 0.6 is 7.82 Å². The van der Waals surface area contributed by atoms with E-state index in [1.165, 1.54) is 205 Å². The van der Waals surface area contributed by atoms with Crippen molar-refractivity contribution in [2.45, 2.75) is 264 Å². The Morgan fingerprint density at radius 3 is 0.981 bits per heavy atom.